The second-order valence-corrected chi connectivity index (χ2v) is 10.5. The summed E-state index contributed by atoms with van der Waals surface area (Å²) in [5.41, 5.74) is 13.7. The van der Waals surface area contributed by atoms with Gasteiger partial charge in [-0.05, 0) is 31.5 Å². The van der Waals surface area contributed by atoms with Crippen molar-refractivity contribution >= 4 is 34.7 Å². The molecule has 0 saturated carbocycles. The van der Waals surface area contributed by atoms with E-state index in [9.17, 15) is 0 Å². The Hall–Kier alpha value is -2.60. The van der Waals surface area contributed by atoms with E-state index in [1.165, 1.54) is 16.6 Å². The number of methoxy groups -OCH3 is 1. The average Bonchev–Trinajstić information content (AvgIpc) is 3.29. The van der Waals surface area contributed by atoms with E-state index in [1.54, 1.807) is 24.5 Å². The summed E-state index contributed by atoms with van der Waals surface area (Å²) >= 11 is 3.19. The molecule has 1 atom stereocenters. The lowest BCUT2D eigenvalue weighted by Crippen LogP contribution is -2.38. The molecular formula is C24H32N6O3S2. The zero-order valence-electron chi connectivity index (χ0n) is 20.3. The van der Waals surface area contributed by atoms with E-state index < -0.39 is 0 Å². The van der Waals surface area contributed by atoms with Gasteiger partial charge in [0.05, 0.1) is 31.3 Å². The first-order valence-corrected chi connectivity index (χ1v) is 13.3. The minimum atomic E-state index is 0.0404. The van der Waals surface area contributed by atoms with Crippen molar-refractivity contribution in [1.29, 1.82) is 0 Å². The zero-order chi connectivity index (χ0) is 24.8. The van der Waals surface area contributed by atoms with Gasteiger partial charge in [-0.25, -0.2) is 15.0 Å². The van der Waals surface area contributed by atoms with Crippen LogP contribution >= 0.6 is 23.1 Å². The highest BCUT2D eigenvalue weighted by molar-refractivity contribution is 7.99. The molecule has 11 heteroatoms. The lowest BCUT2D eigenvalue weighted by molar-refractivity contribution is 0.0321. The van der Waals surface area contributed by atoms with Crippen LogP contribution in [0.25, 0.3) is 10.6 Å². The van der Waals surface area contributed by atoms with E-state index in [0.29, 0.717) is 29.1 Å². The first-order chi connectivity index (χ1) is 17.0. The summed E-state index contributed by atoms with van der Waals surface area (Å²) in [6.07, 6.45) is 0.886. The van der Waals surface area contributed by atoms with Crippen molar-refractivity contribution in [3.8, 4) is 22.1 Å². The van der Waals surface area contributed by atoms with E-state index in [4.69, 9.17) is 30.7 Å². The van der Waals surface area contributed by atoms with Crippen LogP contribution in [0.3, 0.4) is 0 Å². The number of benzene rings is 1. The van der Waals surface area contributed by atoms with Gasteiger partial charge in [-0.1, -0.05) is 18.7 Å². The molecule has 0 aliphatic carbocycles. The highest BCUT2D eigenvalue weighted by Gasteiger charge is 2.20. The maximum absolute atomic E-state index is 6.13. The van der Waals surface area contributed by atoms with E-state index in [-0.39, 0.29) is 5.25 Å². The summed E-state index contributed by atoms with van der Waals surface area (Å²) in [6.45, 7) is 9.10. The van der Waals surface area contributed by atoms with Crippen LogP contribution in [-0.2, 0) is 11.2 Å². The Bertz CT molecular complexity index is 1120. The number of aromatic nitrogens is 3. The van der Waals surface area contributed by atoms with Gasteiger partial charge in [-0.3, -0.25) is 4.90 Å². The van der Waals surface area contributed by atoms with Gasteiger partial charge in [0.1, 0.15) is 23.3 Å². The van der Waals surface area contributed by atoms with Crippen LogP contribution in [0.15, 0.2) is 29.4 Å². The molecular weight excluding hydrogens is 484 g/mol. The molecule has 1 saturated heterocycles. The zero-order valence-corrected chi connectivity index (χ0v) is 22.0. The van der Waals surface area contributed by atoms with Crippen molar-refractivity contribution in [2.24, 2.45) is 0 Å². The number of morpholine rings is 1. The van der Waals surface area contributed by atoms with Crippen LogP contribution in [0.4, 0.5) is 11.6 Å². The predicted octanol–water partition coefficient (Wildman–Crippen LogP) is 3.90. The smallest absolute Gasteiger partial charge is 0.192 e. The van der Waals surface area contributed by atoms with Gasteiger partial charge >= 0.3 is 0 Å². The summed E-state index contributed by atoms with van der Waals surface area (Å²) in [5, 5.41) is 1.53. The molecule has 0 bridgehead atoms. The van der Waals surface area contributed by atoms with Crippen LogP contribution < -0.4 is 20.9 Å². The van der Waals surface area contributed by atoms with Crippen molar-refractivity contribution in [3.63, 3.8) is 0 Å². The van der Waals surface area contributed by atoms with Crippen LogP contribution in [0.2, 0.25) is 0 Å². The molecule has 188 valence electrons. The SMILES string of the molecule is CCc1sc(-c2ccc(OC)c(OCCN3CCOCC3)c2)nc1[C@H](C)Sc1nc(N)cc(N)n1. The molecule has 1 fully saturated rings. The number of thioether (sulfide) groups is 1. The largest absolute Gasteiger partial charge is 0.493 e. The van der Waals surface area contributed by atoms with Gasteiger partial charge in [-0.2, -0.15) is 0 Å². The highest BCUT2D eigenvalue weighted by Crippen LogP contribution is 2.41. The van der Waals surface area contributed by atoms with E-state index in [2.05, 4.69) is 28.7 Å². The van der Waals surface area contributed by atoms with Crippen LogP contribution in [-0.4, -0.2) is 66.4 Å². The van der Waals surface area contributed by atoms with Crippen LogP contribution in [0.1, 0.15) is 29.7 Å². The number of hydrogen-bond acceptors (Lipinski definition) is 11. The third-order valence-corrected chi connectivity index (χ3v) is 7.88. The summed E-state index contributed by atoms with van der Waals surface area (Å²) in [6, 6.07) is 7.53. The van der Waals surface area contributed by atoms with E-state index in [0.717, 1.165) is 61.3 Å². The summed E-state index contributed by atoms with van der Waals surface area (Å²) in [7, 11) is 1.66. The lowest BCUT2D eigenvalue weighted by Gasteiger charge is -2.26. The minimum absolute atomic E-state index is 0.0404. The van der Waals surface area contributed by atoms with Crippen molar-refractivity contribution in [3.05, 3.63) is 34.8 Å². The van der Waals surface area contributed by atoms with E-state index in [1.807, 2.05) is 18.2 Å². The topological polar surface area (TPSA) is 122 Å². The number of nitrogens with two attached hydrogens (primary N) is 2. The Balaban J connectivity index is 1.51. The molecule has 0 radical (unpaired) electrons. The molecule has 35 heavy (non-hydrogen) atoms. The predicted molar refractivity (Wildman–Crippen MR) is 141 cm³/mol. The third kappa shape index (κ3) is 6.54. The number of anilines is 2. The first-order valence-electron chi connectivity index (χ1n) is 11.6. The molecule has 1 aromatic carbocycles. The number of rotatable bonds is 10. The summed E-state index contributed by atoms with van der Waals surface area (Å²) in [5.74, 6) is 2.16. The van der Waals surface area contributed by atoms with Crippen molar-refractivity contribution in [1.82, 2.24) is 19.9 Å². The van der Waals surface area contributed by atoms with Gasteiger partial charge < -0.3 is 25.7 Å². The van der Waals surface area contributed by atoms with Crippen LogP contribution in [0, 0.1) is 0 Å². The number of hydrogen-bond donors (Lipinski definition) is 2. The average molecular weight is 517 g/mol. The summed E-state index contributed by atoms with van der Waals surface area (Å²) in [4.78, 5) is 17.2. The molecule has 3 aromatic rings. The van der Waals surface area contributed by atoms with Crippen molar-refractivity contribution in [2.45, 2.75) is 30.7 Å². The Kier molecular flexibility index (Phi) is 8.66. The Morgan fingerprint density at radius 1 is 1.11 bits per heavy atom. The third-order valence-electron chi connectivity index (χ3n) is 5.64. The maximum atomic E-state index is 6.13. The van der Waals surface area contributed by atoms with Crippen molar-refractivity contribution < 1.29 is 14.2 Å². The molecule has 4 N–H and O–H groups in total. The minimum Gasteiger partial charge on any atom is -0.493 e. The number of aryl methyl sites for hydroxylation is 1. The van der Waals surface area contributed by atoms with Crippen LogP contribution in [0.5, 0.6) is 11.5 Å². The molecule has 1 aliphatic heterocycles. The highest BCUT2D eigenvalue weighted by atomic mass is 32.2. The Morgan fingerprint density at radius 2 is 1.86 bits per heavy atom. The molecule has 9 nitrogen and oxygen atoms in total. The molecule has 0 spiro atoms. The van der Waals surface area contributed by atoms with Gasteiger partial charge in [0.2, 0.25) is 0 Å². The Labute approximate surface area is 214 Å². The monoisotopic (exact) mass is 516 g/mol. The van der Waals surface area contributed by atoms with Crippen molar-refractivity contribution in [2.75, 3.05) is 58.0 Å². The lowest BCUT2D eigenvalue weighted by atomic mass is 10.2. The second kappa shape index (κ2) is 11.9. The van der Waals surface area contributed by atoms with Gasteiger partial charge in [0.15, 0.2) is 16.7 Å². The number of nitrogens with zero attached hydrogens (tertiary/aromatic N) is 4. The standard InChI is InChI=1S/C24H32N6O3S2/c1-4-19-22(15(2)34-24-27-20(25)14-21(26)28-24)29-23(35-19)16-5-6-17(31-3)18(13-16)33-12-9-30-7-10-32-11-8-30/h5-6,13-15H,4,7-12H2,1-3H3,(H4,25,26,27,28)/t15-/m0/s1. The molecule has 0 amide bonds. The number of ether oxygens (including phenoxy) is 3. The molecule has 2 aromatic heterocycles. The fraction of sp³-hybridized carbons (Fsp3) is 0.458. The maximum Gasteiger partial charge on any atom is 0.192 e. The Morgan fingerprint density at radius 3 is 2.54 bits per heavy atom. The number of nitrogen functional groups attached to an aromatic ring is 2. The second-order valence-electron chi connectivity index (χ2n) is 8.11. The fourth-order valence-electron chi connectivity index (χ4n) is 3.82. The quantitative estimate of drug-likeness (QED) is 0.303. The molecule has 1 aliphatic rings. The van der Waals surface area contributed by atoms with Gasteiger partial charge in [0.25, 0.3) is 0 Å². The number of thiazole rings is 1. The van der Waals surface area contributed by atoms with E-state index >= 15 is 0 Å². The first kappa shape index (κ1) is 25.5. The normalized spacial score (nSPS) is 15.2. The molecule has 3 heterocycles. The summed E-state index contributed by atoms with van der Waals surface area (Å²) < 4.78 is 17.1. The van der Waals surface area contributed by atoms with Gasteiger partial charge in [-0.15, -0.1) is 11.3 Å². The molecule has 0 unspecified atom stereocenters. The molecule has 4 rings (SSSR count). The fourth-order valence-corrected chi connectivity index (χ4v) is 5.93. The van der Waals surface area contributed by atoms with Gasteiger partial charge in [0, 0.05) is 36.1 Å².